The molecule has 2 aromatic heterocycles. The molecule has 1 amide bonds. The molecule has 1 fully saturated rings. The molecule has 7 nitrogen and oxygen atoms in total. The molecule has 0 atom stereocenters. The Balaban J connectivity index is 1.35. The number of carbonyl (C=O) groups excluding carboxylic acids is 1. The van der Waals surface area contributed by atoms with E-state index in [-0.39, 0.29) is 16.6 Å². The van der Waals surface area contributed by atoms with E-state index in [4.69, 9.17) is 0 Å². The van der Waals surface area contributed by atoms with Crippen molar-refractivity contribution in [3.05, 3.63) is 48.1 Å². The van der Waals surface area contributed by atoms with Crippen LogP contribution in [0.25, 0.3) is 10.2 Å². The van der Waals surface area contributed by atoms with Gasteiger partial charge < -0.3 is 4.90 Å². The lowest BCUT2D eigenvalue weighted by atomic mass is 10.3. The summed E-state index contributed by atoms with van der Waals surface area (Å²) in [4.78, 5) is 24.0. The van der Waals surface area contributed by atoms with Crippen LogP contribution in [0, 0.1) is 0 Å². The van der Waals surface area contributed by atoms with Crippen molar-refractivity contribution in [3.8, 4) is 0 Å². The van der Waals surface area contributed by atoms with Crippen LogP contribution in [0.3, 0.4) is 0 Å². The Morgan fingerprint density at radius 3 is 2.57 bits per heavy atom. The minimum atomic E-state index is -3.51. The first-order chi connectivity index (χ1) is 13.6. The minimum absolute atomic E-state index is 0.0104. The van der Waals surface area contributed by atoms with Crippen LogP contribution < -0.4 is 0 Å². The van der Waals surface area contributed by atoms with E-state index in [0.717, 1.165) is 15.2 Å². The highest BCUT2D eigenvalue weighted by molar-refractivity contribution is 8.00. The fourth-order valence-corrected chi connectivity index (χ4v) is 6.15. The number of sulfonamides is 1. The number of carbonyl (C=O) groups is 1. The summed E-state index contributed by atoms with van der Waals surface area (Å²) in [7, 11) is -3.51. The van der Waals surface area contributed by atoms with Gasteiger partial charge in [-0.3, -0.25) is 4.79 Å². The van der Waals surface area contributed by atoms with E-state index < -0.39 is 10.0 Å². The highest BCUT2D eigenvalue weighted by Gasteiger charge is 2.30. The molecular formula is C18H18N4O3S3. The van der Waals surface area contributed by atoms with Crippen molar-refractivity contribution in [1.82, 2.24) is 19.2 Å². The summed E-state index contributed by atoms with van der Waals surface area (Å²) in [5.74, 6) is 0.261. The van der Waals surface area contributed by atoms with E-state index in [1.807, 2.05) is 11.4 Å². The molecule has 0 bridgehead atoms. The SMILES string of the molecule is O=C(CSc1ncnc2sccc12)N1CCN(S(=O)(=O)c2ccccc2)CC1. The van der Waals surface area contributed by atoms with Gasteiger partial charge in [-0.05, 0) is 23.6 Å². The molecule has 1 aliphatic heterocycles. The number of benzene rings is 1. The van der Waals surface area contributed by atoms with Crippen molar-refractivity contribution < 1.29 is 13.2 Å². The third kappa shape index (κ3) is 3.90. The number of rotatable bonds is 5. The zero-order valence-corrected chi connectivity index (χ0v) is 17.3. The summed E-state index contributed by atoms with van der Waals surface area (Å²) in [6, 6.07) is 10.4. The van der Waals surface area contributed by atoms with Gasteiger partial charge in [-0.1, -0.05) is 30.0 Å². The Labute approximate surface area is 171 Å². The van der Waals surface area contributed by atoms with Gasteiger partial charge in [-0.15, -0.1) is 11.3 Å². The minimum Gasteiger partial charge on any atom is -0.339 e. The van der Waals surface area contributed by atoms with Gasteiger partial charge in [-0.2, -0.15) is 4.31 Å². The summed E-state index contributed by atoms with van der Waals surface area (Å²) < 4.78 is 26.8. The number of hydrogen-bond donors (Lipinski definition) is 0. The smallest absolute Gasteiger partial charge is 0.243 e. The molecule has 4 rings (SSSR count). The van der Waals surface area contributed by atoms with E-state index in [1.54, 1.807) is 46.6 Å². The highest BCUT2D eigenvalue weighted by atomic mass is 32.2. The van der Waals surface area contributed by atoms with Crippen molar-refractivity contribution in [3.63, 3.8) is 0 Å². The van der Waals surface area contributed by atoms with E-state index in [2.05, 4.69) is 9.97 Å². The van der Waals surface area contributed by atoms with Crippen LogP contribution >= 0.6 is 23.1 Å². The molecule has 28 heavy (non-hydrogen) atoms. The maximum atomic E-state index is 12.7. The van der Waals surface area contributed by atoms with Crippen LogP contribution in [0.5, 0.6) is 0 Å². The normalized spacial score (nSPS) is 15.8. The molecule has 3 aromatic rings. The lowest BCUT2D eigenvalue weighted by molar-refractivity contribution is -0.129. The Morgan fingerprint density at radius 1 is 1.07 bits per heavy atom. The van der Waals surface area contributed by atoms with E-state index >= 15 is 0 Å². The largest absolute Gasteiger partial charge is 0.339 e. The molecule has 0 unspecified atom stereocenters. The summed E-state index contributed by atoms with van der Waals surface area (Å²) in [6.45, 7) is 1.39. The molecule has 10 heteroatoms. The van der Waals surface area contributed by atoms with Crippen LogP contribution in [0.2, 0.25) is 0 Å². The lowest BCUT2D eigenvalue weighted by Crippen LogP contribution is -2.50. The van der Waals surface area contributed by atoms with Crippen LogP contribution in [0.4, 0.5) is 0 Å². The number of amides is 1. The maximum Gasteiger partial charge on any atom is 0.243 e. The zero-order valence-electron chi connectivity index (χ0n) is 14.9. The number of thiophene rings is 1. The number of piperazine rings is 1. The predicted molar refractivity (Wildman–Crippen MR) is 110 cm³/mol. The second-order valence-electron chi connectivity index (χ2n) is 6.20. The number of fused-ring (bicyclic) bond motifs is 1. The van der Waals surface area contributed by atoms with E-state index in [1.165, 1.54) is 22.4 Å². The van der Waals surface area contributed by atoms with Crippen molar-refractivity contribution in [2.24, 2.45) is 0 Å². The Morgan fingerprint density at radius 2 is 1.82 bits per heavy atom. The third-order valence-corrected chi connectivity index (χ3v) is 8.25. The van der Waals surface area contributed by atoms with Gasteiger partial charge in [0.15, 0.2) is 0 Å². The molecule has 0 spiro atoms. The maximum absolute atomic E-state index is 12.7. The van der Waals surface area contributed by atoms with E-state index in [9.17, 15) is 13.2 Å². The summed E-state index contributed by atoms with van der Waals surface area (Å²) in [6.07, 6.45) is 1.51. The van der Waals surface area contributed by atoms with Gasteiger partial charge in [0, 0.05) is 31.6 Å². The van der Waals surface area contributed by atoms with Gasteiger partial charge in [0.2, 0.25) is 15.9 Å². The van der Waals surface area contributed by atoms with Crippen LogP contribution in [-0.4, -0.2) is 65.4 Å². The summed E-state index contributed by atoms with van der Waals surface area (Å²) in [5.41, 5.74) is 0. The molecule has 146 valence electrons. The topological polar surface area (TPSA) is 83.5 Å². The second kappa shape index (κ2) is 8.16. The molecule has 1 aromatic carbocycles. The zero-order chi connectivity index (χ0) is 19.6. The first kappa shape index (κ1) is 19.3. The summed E-state index contributed by atoms with van der Waals surface area (Å²) >= 11 is 2.93. The molecule has 0 radical (unpaired) electrons. The summed E-state index contributed by atoms with van der Waals surface area (Å²) in [5, 5.41) is 3.71. The van der Waals surface area contributed by atoms with Gasteiger partial charge >= 0.3 is 0 Å². The average molecular weight is 435 g/mol. The van der Waals surface area contributed by atoms with Crippen molar-refractivity contribution >= 4 is 49.2 Å². The molecule has 1 saturated heterocycles. The van der Waals surface area contributed by atoms with E-state index in [0.29, 0.717) is 26.2 Å². The van der Waals surface area contributed by atoms with Crippen LogP contribution in [0.1, 0.15) is 0 Å². The molecule has 0 N–H and O–H groups in total. The number of nitrogens with zero attached hydrogens (tertiary/aromatic N) is 4. The van der Waals surface area contributed by atoms with Crippen molar-refractivity contribution in [2.75, 3.05) is 31.9 Å². The lowest BCUT2D eigenvalue weighted by Gasteiger charge is -2.34. The highest BCUT2D eigenvalue weighted by Crippen LogP contribution is 2.28. The fourth-order valence-electron chi connectivity index (χ4n) is 3.02. The van der Waals surface area contributed by atoms with Crippen molar-refractivity contribution in [1.29, 1.82) is 0 Å². The Bertz CT molecular complexity index is 1080. The monoisotopic (exact) mass is 434 g/mol. The van der Waals surface area contributed by atoms with Gasteiger partial charge in [0.05, 0.1) is 10.6 Å². The molecular weight excluding hydrogens is 416 g/mol. The van der Waals surface area contributed by atoms with Gasteiger partial charge in [0.1, 0.15) is 16.2 Å². The fraction of sp³-hybridized carbons (Fsp3) is 0.278. The molecule has 0 saturated carbocycles. The Kier molecular flexibility index (Phi) is 5.63. The molecule has 3 heterocycles. The standard InChI is InChI=1S/C18H18N4O3S3/c23-16(12-27-18-15-6-11-26-17(15)19-13-20-18)21-7-9-22(10-8-21)28(24,25)14-4-2-1-3-5-14/h1-6,11,13H,7-10,12H2. The number of hydrogen-bond acceptors (Lipinski definition) is 7. The van der Waals surface area contributed by atoms with Gasteiger partial charge in [-0.25, -0.2) is 18.4 Å². The van der Waals surface area contributed by atoms with Crippen LogP contribution in [0.15, 0.2) is 58.0 Å². The predicted octanol–water partition coefficient (Wildman–Crippen LogP) is 2.32. The van der Waals surface area contributed by atoms with Crippen LogP contribution in [-0.2, 0) is 14.8 Å². The first-order valence-corrected chi connectivity index (χ1v) is 12.0. The Hall–Kier alpha value is -2.01. The first-order valence-electron chi connectivity index (χ1n) is 8.70. The van der Waals surface area contributed by atoms with Crippen molar-refractivity contribution in [2.45, 2.75) is 9.92 Å². The molecule has 0 aliphatic carbocycles. The number of thioether (sulfide) groups is 1. The average Bonchev–Trinajstić information content (AvgIpc) is 3.22. The third-order valence-electron chi connectivity index (χ3n) is 4.53. The quantitative estimate of drug-likeness (QED) is 0.453. The number of aromatic nitrogens is 2. The molecule has 1 aliphatic rings. The van der Waals surface area contributed by atoms with Gasteiger partial charge in [0.25, 0.3) is 0 Å². The second-order valence-corrected chi connectivity index (χ2v) is 10.0.